The van der Waals surface area contributed by atoms with Crippen molar-refractivity contribution in [2.45, 2.75) is 13.5 Å². The van der Waals surface area contributed by atoms with E-state index in [0.717, 1.165) is 39.5 Å². The molecule has 0 saturated heterocycles. The van der Waals surface area contributed by atoms with E-state index < -0.39 is 0 Å². The van der Waals surface area contributed by atoms with Crippen molar-refractivity contribution in [1.82, 2.24) is 9.97 Å². The van der Waals surface area contributed by atoms with E-state index in [-0.39, 0.29) is 0 Å². The van der Waals surface area contributed by atoms with Crippen LogP contribution in [0.3, 0.4) is 0 Å². The second kappa shape index (κ2) is 7.23. The van der Waals surface area contributed by atoms with Crippen molar-refractivity contribution in [2.75, 3.05) is 5.32 Å². The van der Waals surface area contributed by atoms with Crippen molar-refractivity contribution in [2.24, 2.45) is 0 Å². The van der Waals surface area contributed by atoms with Gasteiger partial charge in [-0.1, -0.05) is 18.2 Å². The Labute approximate surface area is 152 Å². The SMILES string of the molecule is Cc1ccc(CNc2ccc3cc(/C=C/c4ccccn4)ccc3n2)o1. The smallest absolute Gasteiger partial charge is 0.127 e. The minimum Gasteiger partial charge on any atom is -0.465 e. The highest BCUT2D eigenvalue weighted by atomic mass is 16.3. The van der Waals surface area contributed by atoms with E-state index in [2.05, 4.69) is 39.6 Å². The first-order chi connectivity index (χ1) is 12.8. The molecule has 128 valence electrons. The van der Waals surface area contributed by atoms with Gasteiger partial charge in [0.05, 0.1) is 17.8 Å². The van der Waals surface area contributed by atoms with Crippen molar-refractivity contribution < 1.29 is 4.42 Å². The summed E-state index contributed by atoms with van der Waals surface area (Å²) in [6.45, 7) is 2.56. The van der Waals surface area contributed by atoms with Gasteiger partial charge in [0.25, 0.3) is 0 Å². The van der Waals surface area contributed by atoms with Crippen LogP contribution < -0.4 is 5.32 Å². The molecule has 4 heteroatoms. The Kier molecular flexibility index (Phi) is 4.48. The monoisotopic (exact) mass is 341 g/mol. The van der Waals surface area contributed by atoms with Gasteiger partial charge < -0.3 is 9.73 Å². The number of furan rings is 1. The van der Waals surface area contributed by atoms with E-state index in [1.165, 1.54) is 0 Å². The van der Waals surface area contributed by atoms with Gasteiger partial charge in [-0.05, 0) is 67.1 Å². The Morgan fingerprint density at radius 1 is 1.00 bits per heavy atom. The number of rotatable bonds is 5. The molecule has 0 fully saturated rings. The maximum atomic E-state index is 5.57. The first-order valence-electron chi connectivity index (χ1n) is 8.55. The van der Waals surface area contributed by atoms with Crippen LogP contribution in [0.15, 0.2) is 71.3 Å². The lowest BCUT2D eigenvalue weighted by molar-refractivity contribution is 0.490. The second-order valence-corrected chi connectivity index (χ2v) is 6.10. The number of nitrogens with zero attached hydrogens (tertiary/aromatic N) is 2. The molecule has 0 atom stereocenters. The summed E-state index contributed by atoms with van der Waals surface area (Å²) in [6.07, 6.45) is 5.87. The summed E-state index contributed by atoms with van der Waals surface area (Å²) in [5.41, 5.74) is 3.02. The highest BCUT2D eigenvalue weighted by molar-refractivity contribution is 5.84. The fourth-order valence-electron chi connectivity index (χ4n) is 2.76. The third-order valence-electron chi connectivity index (χ3n) is 4.09. The fraction of sp³-hybridized carbons (Fsp3) is 0.0909. The summed E-state index contributed by atoms with van der Waals surface area (Å²) >= 11 is 0. The van der Waals surface area contributed by atoms with Crippen molar-refractivity contribution in [3.63, 3.8) is 0 Å². The zero-order chi connectivity index (χ0) is 17.8. The Hall–Kier alpha value is -3.40. The molecule has 0 bridgehead atoms. The lowest BCUT2D eigenvalue weighted by Gasteiger charge is -2.06. The summed E-state index contributed by atoms with van der Waals surface area (Å²) in [7, 11) is 0. The molecule has 0 radical (unpaired) electrons. The molecule has 26 heavy (non-hydrogen) atoms. The highest BCUT2D eigenvalue weighted by Gasteiger charge is 2.02. The molecule has 0 unspecified atom stereocenters. The maximum Gasteiger partial charge on any atom is 0.127 e. The van der Waals surface area contributed by atoms with Crippen LogP contribution in [0.1, 0.15) is 22.8 Å². The Morgan fingerprint density at radius 2 is 1.96 bits per heavy atom. The van der Waals surface area contributed by atoms with Gasteiger partial charge in [-0.3, -0.25) is 4.98 Å². The quantitative estimate of drug-likeness (QED) is 0.534. The number of anilines is 1. The van der Waals surface area contributed by atoms with Gasteiger partial charge in [-0.2, -0.15) is 0 Å². The Morgan fingerprint density at radius 3 is 2.77 bits per heavy atom. The van der Waals surface area contributed by atoms with Crippen LogP contribution in [0.2, 0.25) is 0 Å². The van der Waals surface area contributed by atoms with Gasteiger partial charge in [0, 0.05) is 11.6 Å². The molecule has 0 saturated carbocycles. The van der Waals surface area contributed by atoms with Crippen molar-refractivity contribution in [1.29, 1.82) is 0 Å². The van der Waals surface area contributed by atoms with Crippen LogP contribution in [-0.4, -0.2) is 9.97 Å². The molecule has 3 heterocycles. The number of fused-ring (bicyclic) bond motifs is 1. The predicted molar refractivity (Wildman–Crippen MR) is 106 cm³/mol. The minimum absolute atomic E-state index is 0.622. The Bertz CT molecular complexity index is 1050. The van der Waals surface area contributed by atoms with Crippen LogP contribution in [0.4, 0.5) is 5.82 Å². The van der Waals surface area contributed by atoms with Crippen LogP contribution in [0, 0.1) is 6.92 Å². The lowest BCUT2D eigenvalue weighted by atomic mass is 10.1. The first-order valence-corrected chi connectivity index (χ1v) is 8.55. The van der Waals surface area contributed by atoms with Crippen LogP contribution >= 0.6 is 0 Å². The number of nitrogens with one attached hydrogen (secondary N) is 1. The Balaban J connectivity index is 1.49. The number of hydrogen-bond donors (Lipinski definition) is 1. The standard InChI is InChI=1S/C22H19N3O/c1-16-5-10-20(26-16)15-24-22-12-8-18-14-17(7-11-21(18)25-22)6-9-19-4-2-3-13-23-19/h2-14H,15H2,1H3,(H,24,25)/b9-6+. The maximum absolute atomic E-state index is 5.57. The fourth-order valence-corrected chi connectivity index (χ4v) is 2.76. The largest absolute Gasteiger partial charge is 0.465 e. The molecule has 0 aliphatic rings. The van der Waals surface area contributed by atoms with Gasteiger partial charge in [-0.15, -0.1) is 0 Å². The molecule has 0 amide bonds. The van der Waals surface area contributed by atoms with Crippen molar-refractivity contribution in [3.05, 3.63) is 89.6 Å². The van der Waals surface area contributed by atoms with Crippen molar-refractivity contribution >= 4 is 28.9 Å². The van der Waals surface area contributed by atoms with Crippen molar-refractivity contribution in [3.8, 4) is 0 Å². The number of hydrogen-bond acceptors (Lipinski definition) is 4. The normalized spacial score (nSPS) is 11.3. The third kappa shape index (κ3) is 3.81. The molecule has 0 aliphatic heterocycles. The van der Waals surface area contributed by atoms with Gasteiger partial charge in [0.1, 0.15) is 17.3 Å². The van der Waals surface area contributed by atoms with E-state index in [9.17, 15) is 0 Å². The molecule has 4 aromatic rings. The molecule has 3 aromatic heterocycles. The second-order valence-electron chi connectivity index (χ2n) is 6.10. The number of benzene rings is 1. The molecule has 4 nitrogen and oxygen atoms in total. The minimum atomic E-state index is 0.622. The van der Waals surface area contributed by atoms with Crippen LogP contribution in [0.25, 0.3) is 23.1 Å². The summed E-state index contributed by atoms with van der Waals surface area (Å²) in [5.74, 6) is 2.65. The highest BCUT2D eigenvalue weighted by Crippen LogP contribution is 2.19. The first kappa shape index (κ1) is 16.1. The van der Waals surface area contributed by atoms with Gasteiger partial charge in [-0.25, -0.2) is 4.98 Å². The van der Waals surface area contributed by atoms with Gasteiger partial charge >= 0.3 is 0 Å². The lowest BCUT2D eigenvalue weighted by Crippen LogP contribution is -2.00. The van der Waals surface area contributed by atoms with E-state index in [1.54, 1.807) is 6.20 Å². The molecule has 0 spiro atoms. The molecule has 0 aliphatic carbocycles. The zero-order valence-electron chi connectivity index (χ0n) is 14.5. The average molecular weight is 341 g/mol. The van der Waals surface area contributed by atoms with E-state index in [0.29, 0.717) is 6.54 Å². The predicted octanol–water partition coefficient (Wildman–Crippen LogP) is 5.31. The topological polar surface area (TPSA) is 51.0 Å². The van der Waals surface area contributed by atoms with E-state index in [1.807, 2.05) is 55.5 Å². The molecular formula is C22H19N3O. The summed E-state index contributed by atoms with van der Waals surface area (Å²) in [6, 6.07) is 20.1. The summed E-state index contributed by atoms with van der Waals surface area (Å²) in [5, 5.41) is 4.40. The molecule has 1 N–H and O–H groups in total. The summed E-state index contributed by atoms with van der Waals surface area (Å²) in [4.78, 5) is 8.97. The van der Waals surface area contributed by atoms with Crippen LogP contribution in [0.5, 0.6) is 0 Å². The summed E-state index contributed by atoms with van der Waals surface area (Å²) < 4.78 is 5.57. The van der Waals surface area contributed by atoms with Gasteiger partial charge in [0.15, 0.2) is 0 Å². The zero-order valence-corrected chi connectivity index (χ0v) is 14.5. The average Bonchev–Trinajstić information content (AvgIpc) is 3.10. The molecule has 1 aromatic carbocycles. The van der Waals surface area contributed by atoms with E-state index in [4.69, 9.17) is 4.42 Å². The molecule has 4 rings (SSSR count). The van der Waals surface area contributed by atoms with E-state index >= 15 is 0 Å². The third-order valence-corrected chi connectivity index (χ3v) is 4.09. The van der Waals surface area contributed by atoms with Crippen LogP contribution in [-0.2, 0) is 6.54 Å². The number of aromatic nitrogens is 2. The molecular weight excluding hydrogens is 322 g/mol. The van der Waals surface area contributed by atoms with Gasteiger partial charge in [0.2, 0.25) is 0 Å². The number of aryl methyl sites for hydroxylation is 1. The number of pyridine rings is 2.